The van der Waals surface area contributed by atoms with Crippen molar-refractivity contribution < 1.29 is 8.42 Å². The van der Waals surface area contributed by atoms with E-state index in [2.05, 4.69) is 9.82 Å². The third-order valence-corrected chi connectivity index (χ3v) is 3.74. The van der Waals surface area contributed by atoms with Gasteiger partial charge in [0.15, 0.2) is 5.03 Å². The summed E-state index contributed by atoms with van der Waals surface area (Å²) in [7, 11) is -1.97. The molecule has 0 aliphatic carbocycles. The molecular weight excluding hydrogens is 216 g/mol. The van der Waals surface area contributed by atoms with Crippen molar-refractivity contribution in [2.24, 2.45) is 12.8 Å². The highest BCUT2D eigenvalue weighted by Gasteiger charge is 2.26. The standard InChI is InChI=1S/C8H16N4O2S/c1-8(2,6-9)11-15(13,14)7-4-5-10-12(7)3/h4-5,11H,6,9H2,1-3H3. The molecule has 0 saturated carbocycles. The zero-order chi connectivity index (χ0) is 11.7. The molecule has 0 radical (unpaired) electrons. The van der Waals surface area contributed by atoms with Crippen LogP contribution in [0.3, 0.4) is 0 Å². The van der Waals surface area contributed by atoms with Crippen molar-refractivity contribution in [2.75, 3.05) is 6.54 Å². The van der Waals surface area contributed by atoms with Crippen LogP contribution < -0.4 is 10.5 Å². The minimum atomic E-state index is -3.55. The first-order chi connectivity index (χ1) is 6.78. The second kappa shape index (κ2) is 3.92. The average Bonchev–Trinajstić information content (AvgIpc) is 2.50. The predicted octanol–water partition coefficient (Wildman–Crippen LogP) is -0.564. The minimum Gasteiger partial charge on any atom is -0.329 e. The van der Waals surface area contributed by atoms with E-state index in [1.807, 2.05) is 0 Å². The van der Waals surface area contributed by atoms with Crippen LogP contribution in [0.15, 0.2) is 17.3 Å². The Morgan fingerprint density at radius 2 is 2.20 bits per heavy atom. The lowest BCUT2D eigenvalue weighted by Crippen LogP contribution is -2.49. The van der Waals surface area contributed by atoms with E-state index >= 15 is 0 Å². The molecule has 7 heteroatoms. The van der Waals surface area contributed by atoms with Crippen molar-refractivity contribution in [1.82, 2.24) is 14.5 Å². The Balaban J connectivity index is 3.01. The summed E-state index contributed by atoms with van der Waals surface area (Å²) in [4.78, 5) is 0. The quantitative estimate of drug-likeness (QED) is 0.728. The van der Waals surface area contributed by atoms with Gasteiger partial charge in [0, 0.05) is 19.1 Å². The summed E-state index contributed by atoms with van der Waals surface area (Å²) in [5, 5.41) is 3.93. The van der Waals surface area contributed by atoms with Gasteiger partial charge in [0.2, 0.25) is 0 Å². The van der Waals surface area contributed by atoms with Crippen LogP contribution in [-0.4, -0.2) is 30.3 Å². The minimum absolute atomic E-state index is 0.129. The van der Waals surface area contributed by atoms with E-state index in [1.165, 1.54) is 16.9 Å². The Morgan fingerprint density at radius 3 is 2.60 bits per heavy atom. The molecule has 1 heterocycles. The van der Waals surface area contributed by atoms with Gasteiger partial charge in [0.25, 0.3) is 10.0 Å². The Bertz CT molecular complexity index is 435. The fraction of sp³-hybridized carbons (Fsp3) is 0.625. The number of nitrogens with one attached hydrogen (secondary N) is 1. The van der Waals surface area contributed by atoms with E-state index in [0.29, 0.717) is 0 Å². The number of hydrogen-bond donors (Lipinski definition) is 2. The lowest BCUT2D eigenvalue weighted by atomic mass is 10.1. The summed E-state index contributed by atoms with van der Waals surface area (Å²) in [6, 6.07) is 1.44. The second-order valence-electron chi connectivity index (χ2n) is 3.99. The first kappa shape index (κ1) is 12.2. The van der Waals surface area contributed by atoms with Gasteiger partial charge in [-0.25, -0.2) is 13.1 Å². The number of rotatable bonds is 4. The van der Waals surface area contributed by atoms with Crippen molar-refractivity contribution in [1.29, 1.82) is 0 Å². The van der Waals surface area contributed by atoms with Crippen molar-refractivity contribution in [3.8, 4) is 0 Å². The van der Waals surface area contributed by atoms with Gasteiger partial charge in [-0.3, -0.25) is 4.68 Å². The molecule has 3 N–H and O–H groups in total. The van der Waals surface area contributed by atoms with Crippen molar-refractivity contribution in [3.05, 3.63) is 12.3 Å². The first-order valence-electron chi connectivity index (χ1n) is 4.50. The summed E-state index contributed by atoms with van der Waals surface area (Å²) in [6.07, 6.45) is 1.43. The Hall–Kier alpha value is -0.920. The molecule has 1 aromatic rings. The topological polar surface area (TPSA) is 90.0 Å². The molecule has 0 aromatic carbocycles. The van der Waals surface area contributed by atoms with Crippen LogP contribution in [-0.2, 0) is 17.1 Å². The van der Waals surface area contributed by atoms with Crippen LogP contribution in [0.1, 0.15) is 13.8 Å². The van der Waals surface area contributed by atoms with Gasteiger partial charge in [0.1, 0.15) is 0 Å². The summed E-state index contributed by atoms with van der Waals surface area (Å²) < 4.78 is 27.5. The molecule has 0 spiro atoms. The molecule has 0 fully saturated rings. The van der Waals surface area contributed by atoms with Crippen molar-refractivity contribution >= 4 is 10.0 Å². The van der Waals surface area contributed by atoms with Gasteiger partial charge in [-0.2, -0.15) is 5.10 Å². The Labute approximate surface area is 89.5 Å². The van der Waals surface area contributed by atoms with Crippen molar-refractivity contribution in [3.63, 3.8) is 0 Å². The summed E-state index contributed by atoms with van der Waals surface area (Å²) in [6.45, 7) is 3.67. The molecule has 6 nitrogen and oxygen atoms in total. The van der Waals surface area contributed by atoms with Crippen molar-refractivity contribution in [2.45, 2.75) is 24.4 Å². The fourth-order valence-corrected chi connectivity index (χ4v) is 2.63. The zero-order valence-corrected chi connectivity index (χ0v) is 9.87. The fourth-order valence-electron chi connectivity index (χ4n) is 1.08. The molecule has 0 bridgehead atoms. The maximum atomic E-state index is 11.9. The van der Waals surface area contributed by atoms with Gasteiger partial charge in [-0.1, -0.05) is 0 Å². The lowest BCUT2D eigenvalue weighted by Gasteiger charge is -2.23. The van der Waals surface area contributed by atoms with Crippen LogP contribution in [0.2, 0.25) is 0 Å². The smallest absolute Gasteiger partial charge is 0.258 e. The highest BCUT2D eigenvalue weighted by molar-refractivity contribution is 7.89. The first-order valence-corrected chi connectivity index (χ1v) is 5.99. The number of aryl methyl sites for hydroxylation is 1. The van der Waals surface area contributed by atoms with Crippen LogP contribution in [0.4, 0.5) is 0 Å². The predicted molar refractivity (Wildman–Crippen MR) is 56.7 cm³/mol. The molecule has 0 atom stereocenters. The average molecular weight is 232 g/mol. The van der Waals surface area contributed by atoms with Gasteiger partial charge in [-0.15, -0.1) is 0 Å². The molecule has 0 saturated heterocycles. The maximum Gasteiger partial charge on any atom is 0.258 e. The molecule has 1 rings (SSSR count). The number of aromatic nitrogens is 2. The van der Waals surface area contributed by atoms with Gasteiger partial charge >= 0.3 is 0 Å². The molecule has 1 aromatic heterocycles. The highest BCUT2D eigenvalue weighted by atomic mass is 32.2. The van der Waals surface area contributed by atoms with E-state index in [-0.39, 0.29) is 11.6 Å². The second-order valence-corrected chi connectivity index (χ2v) is 5.62. The summed E-state index contributed by atoms with van der Waals surface area (Å²) in [5.41, 5.74) is 4.79. The molecule has 0 unspecified atom stereocenters. The van der Waals surface area contributed by atoms with E-state index in [0.717, 1.165) is 0 Å². The van der Waals surface area contributed by atoms with E-state index in [1.54, 1.807) is 20.9 Å². The monoisotopic (exact) mass is 232 g/mol. The molecule has 15 heavy (non-hydrogen) atoms. The van der Waals surface area contributed by atoms with Crippen LogP contribution in [0.25, 0.3) is 0 Å². The lowest BCUT2D eigenvalue weighted by molar-refractivity contribution is 0.458. The number of hydrogen-bond acceptors (Lipinski definition) is 4. The Morgan fingerprint density at radius 1 is 1.60 bits per heavy atom. The van der Waals surface area contributed by atoms with Crippen LogP contribution >= 0.6 is 0 Å². The largest absolute Gasteiger partial charge is 0.329 e. The molecule has 0 amide bonds. The summed E-state index contributed by atoms with van der Waals surface area (Å²) >= 11 is 0. The highest BCUT2D eigenvalue weighted by Crippen LogP contribution is 2.10. The zero-order valence-electron chi connectivity index (χ0n) is 9.06. The third-order valence-electron chi connectivity index (χ3n) is 1.97. The Kier molecular flexibility index (Phi) is 3.17. The van der Waals surface area contributed by atoms with Gasteiger partial charge in [0.05, 0.1) is 6.20 Å². The van der Waals surface area contributed by atoms with Crippen LogP contribution in [0, 0.1) is 0 Å². The van der Waals surface area contributed by atoms with Crippen LogP contribution in [0.5, 0.6) is 0 Å². The summed E-state index contributed by atoms with van der Waals surface area (Å²) in [5.74, 6) is 0. The van der Waals surface area contributed by atoms with E-state index < -0.39 is 15.6 Å². The number of nitrogens with two attached hydrogens (primary N) is 1. The third kappa shape index (κ3) is 2.77. The molecule has 0 aliphatic heterocycles. The number of nitrogens with zero attached hydrogens (tertiary/aromatic N) is 2. The normalized spacial score (nSPS) is 13.1. The maximum absolute atomic E-state index is 11.9. The molecule has 0 aliphatic rings. The SMILES string of the molecule is Cn1nccc1S(=O)(=O)NC(C)(C)CN. The molecule has 86 valence electrons. The van der Waals surface area contributed by atoms with E-state index in [9.17, 15) is 8.42 Å². The number of sulfonamides is 1. The van der Waals surface area contributed by atoms with Gasteiger partial charge in [-0.05, 0) is 19.9 Å². The molecular formula is C8H16N4O2S. The van der Waals surface area contributed by atoms with E-state index in [4.69, 9.17) is 5.73 Å². The van der Waals surface area contributed by atoms with Gasteiger partial charge < -0.3 is 5.73 Å².